The van der Waals surface area contributed by atoms with Crippen molar-refractivity contribution in [1.82, 2.24) is 15.0 Å². The smallest absolute Gasteiger partial charge is 0.322 e. The SMILES string of the molecule is CCCNc1nc(NCCC(=O)OCC)nc(OC)n1. The number of ether oxygens (including phenoxy) is 2. The third kappa shape index (κ3) is 5.68. The average Bonchev–Trinajstić information content (AvgIpc) is 2.45. The van der Waals surface area contributed by atoms with Crippen LogP contribution < -0.4 is 15.4 Å². The summed E-state index contributed by atoms with van der Waals surface area (Å²) in [6.07, 6.45) is 1.21. The highest BCUT2D eigenvalue weighted by atomic mass is 16.5. The molecule has 2 N–H and O–H groups in total. The van der Waals surface area contributed by atoms with E-state index in [0.29, 0.717) is 25.0 Å². The molecule has 8 nitrogen and oxygen atoms in total. The molecule has 20 heavy (non-hydrogen) atoms. The number of nitrogens with one attached hydrogen (secondary N) is 2. The molecule has 0 saturated heterocycles. The molecular formula is C12H21N5O3. The molecule has 0 bridgehead atoms. The van der Waals surface area contributed by atoms with E-state index in [0.717, 1.165) is 13.0 Å². The predicted molar refractivity (Wildman–Crippen MR) is 74.9 cm³/mol. The quantitative estimate of drug-likeness (QED) is 0.649. The maximum Gasteiger partial charge on any atom is 0.322 e. The van der Waals surface area contributed by atoms with E-state index in [9.17, 15) is 4.79 Å². The van der Waals surface area contributed by atoms with Gasteiger partial charge in [-0.05, 0) is 13.3 Å². The Morgan fingerprint density at radius 1 is 1.10 bits per heavy atom. The molecule has 0 fully saturated rings. The molecule has 0 saturated carbocycles. The fourth-order valence-corrected chi connectivity index (χ4v) is 1.35. The number of hydrogen-bond acceptors (Lipinski definition) is 8. The second-order valence-electron chi connectivity index (χ2n) is 3.88. The molecule has 0 aromatic carbocycles. The highest BCUT2D eigenvalue weighted by Crippen LogP contribution is 2.10. The lowest BCUT2D eigenvalue weighted by Crippen LogP contribution is -2.14. The van der Waals surface area contributed by atoms with E-state index in [-0.39, 0.29) is 18.4 Å². The van der Waals surface area contributed by atoms with Crippen molar-refractivity contribution in [3.8, 4) is 6.01 Å². The number of esters is 1. The fraction of sp³-hybridized carbons (Fsp3) is 0.667. The number of nitrogens with zero attached hydrogens (tertiary/aromatic N) is 3. The highest BCUT2D eigenvalue weighted by Gasteiger charge is 2.07. The van der Waals surface area contributed by atoms with Gasteiger partial charge in [0.1, 0.15) is 0 Å². The van der Waals surface area contributed by atoms with E-state index in [1.54, 1.807) is 6.92 Å². The van der Waals surface area contributed by atoms with Crippen LogP contribution in [0.25, 0.3) is 0 Å². The zero-order valence-corrected chi connectivity index (χ0v) is 12.1. The number of rotatable bonds is 9. The summed E-state index contributed by atoms with van der Waals surface area (Å²) < 4.78 is 9.84. The number of anilines is 2. The number of aromatic nitrogens is 3. The van der Waals surface area contributed by atoms with Crippen LogP contribution in [-0.2, 0) is 9.53 Å². The third-order valence-corrected chi connectivity index (χ3v) is 2.25. The molecule has 0 radical (unpaired) electrons. The van der Waals surface area contributed by atoms with Crippen molar-refractivity contribution in [3.63, 3.8) is 0 Å². The highest BCUT2D eigenvalue weighted by molar-refractivity contribution is 5.69. The van der Waals surface area contributed by atoms with Gasteiger partial charge in [0.25, 0.3) is 0 Å². The molecule has 0 atom stereocenters. The van der Waals surface area contributed by atoms with Crippen molar-refractivity contribution in [2.75, 3.05) is 37.4 Å². The van der Waals surface area contributed by atoms with Gasteiger partial charge in [-0.3, -0.25) is 4.79 Å². The summed E-state index contributed by atoms with van der Waals surface area (Å²) in [5.74, 6) is 0.544. The monoisotopic (exact) mass is 283 g/mol. The van der Waals surface area contributed by atoms with Crippen LogP contribution in [0.4, 0.5) is 11.9 Å². The van der Waals surface area contributed by atoms with Gasteiger partial charge in [-0.2, -0.15) is 15.0 Å². The molecule has 0 aliphatic heterocycles. The molecule has 0 aliphatic rings. The molecule has 0 aliphatic carbocycles. The van der Waals surface area contributed by atoms with Gasteiger partial charge in [-0.25, -0.2) is 0 Å². The number of carbonyl (C=O) groups is 1. The van der Waals surface area contributed by atoms with Crippen molar-refractivity contribution in [2.24, 2.45) is 0 Å². The van der Waals surface area contributed by atoms with Crippen LogP contribution in [-0.4, -0.2) is 47.7 Å². The van der Waals surface area contributed by atoms with E-state index < -0.39 is 0 Å². The molecule has 1 aromatic rings. The zero-order valence-electron chi connectivity index (χ0n) is 12.1. The van der Waals surface area contributed by atoms with Crippen LogP contribution in [0.2, 0.25) is 0 Å². The summed E-state index contributed by atoms with van der Waals surface area (Å²) in [4.78, 5) is 23.5. The maximum absolute atomic E-state index is 11.2. The van der Waals surface area contributed by atoms with Crippen molar-refractivity contribution in [2.45, 2.75) is 26.7 Å². The molecule has 1 rings (SSSR count). The van der Waals surface area contributed by atoms with Crippen molar-refractivity contribution in [1.29, 1.82) is 0 Å². The lowest BCUT2D eigenvalue weighted by Gasteiger charge is -2.08. The van der Waals surface area contributed by atoms with Crippen LogP contribution in [0.1, 0.15) is 26.7 Å². The first-order valence-corrected chi connectivity index (χ1v) is 6.63. The Morgan fingerprint density at radius 3 is 2.30 bits per heavy atom. The van der Waals surface area contributed by atoms with Crippen LogP contribution >= 0.6 is 0 Å². The standard InChI is InChI=1S/C12H21N5O3/c1-4-7-13-10-15-11(17-12(16-10)19-3)14-8-6-9(18)20-5-2/h4-8H2,1-3H3,(H2,13,14,15,16,17). The van der Waals surface area contributed by atoms with Gasteiger partial charge >= 0.3 is 12.0 Å². The maximum atomic E-state index is 11.2. The van der Waals surface area contributed by atoms with E-state index in [4.69, 9.17) is 9.47 Å². The van der Waals surface area contributed by atoms with E-state index >= 15 is 0 Å². The summed E-state index contributed by atoms with van der Waals surface area (Å²) >= 11 is 0. The number of hydrogen-bond donors (Lipinski definition) is 2. The number of methoxy groups -OCH3 is 1. The van der Waals surface area contributed by atoms with E-state index in [2.05, 4.69) is 25.6 Å². The minimum absolute atomic E-state index is 0.220. The molecule has 0 amide bonds. The second kappa shape index (κ2) is 8.89. The van der Waals surface area contributed by atoms with E-state index in [1.165, 1.54) is 7.11 Å². The van der Waals surface area contributed by atoms with Gasteiger partial charge in [0.05, 0.1) is 20.1 Å². The van der Waals surface area contributed by atoms with Gasteiger partial charge < -0.3 is 20.1 Å². The first-order chi connectivity index (χ1) is 9.69. The van der Waals surface area contributed by atoms with Gasteiger partial charge in [0.2, 0.25) is 11.9 Å². The Bertz CT molecular complexity index is 428. The normalized spacial score (nSPS) is 9.95. The summed E-state index contributed by atoms with van der Waals surface area (Å²) in [6.45, 7) is 5.34. The molecule has 1 heterocycles. The van der Waals surface area contributed by atoms with Crippen molar-refractivity contribution < 1.29 is 14.3 Å². The second-order valence-corrected chi connectivity index (χ2v) is 3.88. The Morgan fingerprint density at radius 2 is 1.75 bits per heavy atom. The van der Waals surface area contributed by atoms with Crippen LogP contribution in [0, 0.1) is 0 Å². The van der Waals surface area contributed by atoms with Gasteiger partial charge in [-0.1, -0.05) is 6.92 Å². The zero-order chi connectivity index (χ0) is 14.8. The molecule has 0 unspecified atom stereocenters. The van der Waals surface area contributed by atoms with Crippen LogP contribution in [0.3, 0.4) is 0 Å². The molecule has 0 spiro atoms. The minimum Gasteiger partial charge on any atom is -0.467 e. The van der Waals surface area contributed by atoms with Gasteiger partial charge in [-0.15, -0.1) is 0 Å². The predicted octanol–water partition coefficient (Wildman–Crippen LogP) is 1.07. The molecule has 112 valence electrons. The Kier molecular flexibility index (Phi) is 7.08. The summed E-state index contributed by atoms with van der Waals surface area (Å²) in [6, 6.07) is 0.220. The third-order valence-electron chi connectivity index (χ3n) is 2.25. The lowest BCUT2D eigenvalue weighted by molar-refractivity contribution is -0.142. The molecule has 8 heteroatoms. The summed E-state index contributed by atoms with van der Waals surface area (Å²) in [5, 5.41) is 6.00. The Balaban J connectivity index is 2.57. The number of carbonyl (C=O) groups excluding carboxylic acids is 1. The molecular weight excluding hydrogens is 262 g/mol. The van der Waals surface area contributed by atoms with Gasteiger partial charge in [0.15, 0.2) is 0 Å². The summed E-state index contributed by atoms with van der Waals surface area (Å²) in [7, 11) is 1.49. The first kappa shape index (κ1) is 15.9. The molecule has 1 aromatic heterocycles. The van der Waals surface area contributed by atoms with Crippen LogP contribution in [0.15, 0.2) is 0 Å². The summed E-state index contributed by atoms with van der Waals surface area (Å²) in [5.41, 5.74) is 0. The lowest BCUT2D eigenvalue weighted by atomic mass is 10.4. The van der Waals surface area contributed by atoms with Crippen molar-refractivity contribution in [3.05, 3.63) is 0 Å². The fourth-order valence-electron chi connectivity index (χ4n) is 1.35. The van der Waals surface area contributed by atoms with Gasteiger partial charge in [0, 0.05) is 13.1 Å². The van der Waals surface area contributed by atoms with Crippen molar-refractivity contribution >= 4 is 17.9 Å². The van der Waals surface area contributed by atoms with E-state index in [1.807, 2.05) is 6.92 Å². The van der Waals surface area contributed by atoms with Crippen LogP contribution in [0.5, 0.6) is 6.01 Å². The minimum atomic E-state index is -0.259. The Hall–Kier alpha value is -2.12. The topological polar surface area (TPSA) is 98.3 Å². The average molecular weight is 283 g/mol. The Labute approximate surface area is 118 Å². The largest absolute Gasteiger partial charge is 0.467 e. The first-order valence-electron chi connectivity index (χ1n) is 6.63.